The first kappa shape index (κ1) is 16.5. The number of hydrogen-bond donors (Lipinski definition) is 0. The van der Waals surface area contributed by atoms with Gasteiger partial charge in [-0.25, -0.2) is 4.98 Å². The smallest absolute Gasteiger partial charge is 0.220 e. The minimum absolute atomic E-state index is 0.189. The molecule has 2 aromatic carbocycles. The maximum atomic E-state index is 14.2. The van der Waals surface area contributed by atoms with Gasteiger partial charge in [0.25, 0.3) is 0 Å². The molecular formula is C17H8Cl4FN. The summed E-state index contributed by atoms with van der Waals surface area (Å²) in [7, 11) is 0. The van der Waals surface area contributed by atoms with Crippen LogP contribution < -0.4 is 0 Å². The van der Waals surface area contributed by atoms with Crippen molar-refractivity contribution in [1.29, 1.82) is 0 Å². The van der Waals surface area contributed by atoms with Gasteiger partial charge in [-0.1, -0.05) is 58.5 Å². The predicted octanol–water partition coefficient (Wildman–Crippen LogP) is 7.17. The molecule has 0 spiro atoms. The molecule has 3 aromatic rings. The van der Waals surface area contributed by atoms with E-state index in [9.17, 15) is 4.39 Å². The molecule has 0 aliphatic rings. The van der Waals surface area contributed by atoms with Crippen molar-refractivity contribution >= 4 is 46.4 Å². The molecule has 0 saturated carbocycles. The van der Waals surface area contributed by atoms with Gasteiger partial charge in [-0.3, -0.25) is 0 Å². The summed E-state index contributed by atoms with van der Waals surface area (Å²) < 4.78 is 14.2. The largest absolute Gasteiger partial charge is 0.227 e. The summed E-state index contributed by atoms with van der Waals surface area (Å²) in [6.07, 6.45) is 1.37. The fourth-order valence-corrected chi connectivity index (χ4v) is 3.51. The van der Waals surface area contributed by atoms with Crippen molar-refractivity contribution in [2.45, 2.75) is 0 Å². The van der Waals surface area contributed by atoms with Crippen molar-refractivity contribution in [2.24, 2.45) is 0 Å². The molecule has 0 bridgehead atoms. The molecule has 3 rings (SSSR count). The van der Waals surface area contributed by atoms with Gasteiger partial charge in [-0.2, -0.15) is 4.39 Å². The third kappa shape index (κ3) is 3.17. The van der Waals surface area contributed by atoms with Crippen molar-refractivity contribution in [3.63, 3.8) is 0 Å². The third-order valence-corrected chi connectivity index (χ3v) is 4.58. The molecule has 0 atom stereocenters. The highest BCUT2D eigenvalue weighted by Crippen LogP contribution is 2.40. The van der Waals surface area contributed by atoms with E-state index < -0.39 is 5.95 Å². The van der Waals surface area contributed by atoms with Crippen LogP contribution in [-0.2, 0) is 0 Å². The van der Waals surface area contributed by atoms with Crippen LogP contribution in [-0.4, -0.2) is 4.98 Å². The molecule has 0 amide bonds. The number of benzene rings is 2. The molecule has 0 unspecified atom stereocenters. The molecule has 1 heterocycles. The zero-order chi connectivity index (χ0) is 16.6. The monoisotopic (exact) mass is 385 g/mol. The molecule has 23 heavy (non-hydrogen) atoms. The lowest BCUT2D eigenvalue weighted by molar-refractivity contribution is 0.588. The number of aromatic nitrogens is 1. The molecular weight excluding hydrogens is 379 g/mol. The second-order valence-corrected chi connectivity index (χ2v) is 6.38. The fourth-order valence-electron chi connectivity index (χ4n) is 2.29. The summed E-state index contributed by atoms with van der Waals surface area (Å²) in [6, 6.07) is 11.7. The van der Waals surface area contributed by atoms with Crippen molar-refractivity contribution in [3.05, 3.63) is 74.7 Å². The Labute approximate surface area is 152 Å². The van der Waals surface area contributed by atoms with E-state index in [0.717, 1.165) is 0 Å². The van der Waals surface area contributed by atoms with E-state index in [1.54, 1.807) is 42.5 Å². The molecule has 0 N–H and O–H groups in total. The summed E-state index contributed by atoms with van der Waals surface area (Å²) in [6.45, 7) is 0. The molecule has 0 saturated heterocycles. The third-order valence-electron chi connectivity index (χ3n) is 3.32. The van der Waals surface area contributed by atoms with Crippen molar-refractivity contribution in [3.8, 4) is 22.3 Å². The van der Waals surface area contributed by atoms with Gasteiger partial charge in [0.1, 0.15) is 0 Å². The molecule has 1 aromatic heterocycles. The van der Waals surface area contributed by atoms with Crippen molar-refractivity contribution < 1.29 is 4.39 Å². The maximum Gasteiger partial charge on any atom is 0.220 e. The van der Waals surface area contributed by atoms with E-state index in [4.69, 9.17) is 46.4 Å². The minimum atomic E-state index is -0.674. The van der Waals surface area contributed by atoms with Crippen LogP contribution in [0.25, 0.3) is 22.3 Å². The highest BCUT2D eigenvalue weighted by Gasteiger charge is 2.17. The Balaban J connectivity index is 2.26. The van der Waals surface area contributed by atoms with Crippen LogP contribution in [0, 0.1) is 5.95 Å². The fraction of sp³-hybridized carbons (Fsp3) is 0. The van der Waals surface area contributed by atoms with E-state index in [1.807, 2.05) is 0 Å². The van der Waals surface area contributed by atoms with Gasteiger partial charge < -0.3 is 0 Å². The lowest BCUT2D eigenvalue weighted by Gasteiger charge is -2.11. The van der Waals surface area contributed by atoms with Crippen LogP contribution in [0.4, 0.5) is 4.39 Å². The molecule has 0 radical (unpaired) electrons. The van der Waals surface area contributed by atoms with Gasteiger partial charge in [-0.15, -0.1) is 0 Å². The number of hydrogen-bond acceptors (Lipinski definition) is 1. The normalized spacial score (nSPS) is 10.8. The quantitative estimate of drug-likeness (QED) is 0.425. The first-order chi connectivity index (χ1) is 11.0. The first-order valence-electron chi connectivity index (χ1n) is 6.53. The second kappa shape index (κ2) is 6.66. The topological polar surface area (TPSA) is 12.9 Å². The molecule has 0 fully saturated rings. The Kier molecular flexibility index (Phi) is 4.79. The Morgan fingerprint density at radius 1 is 0.739 bits per heavy atom. The number of pyridine rings is 1. The van der Waals surface area contributed by atoms with E-state index in [1.165, 1.54) is 6.20 Å². The van der Waals surface area contributed by atoms with Crippen molar-refractivity contribution in [2.75, 3.05) is 0 Å². The van der Waals surface area contributed by atoms with E-state index >= 15 is 0 Å². The zero-order valence-electron chi connectivity index (χ0n) is 11.5. The number of halogens is 5. The predicted molar refractivity (Wildman–Crippen MR) is 95.1 cm³/mol. The molecule has 116 valence electrons. The van der Waals surface area contributed by atoms with Gasteiger partial charge >= 0.3 is 0 Å². The Morgan fingerprint density at radius 3 is 1.74 bits per heavy atom. The van der Waals surface area contributed by atoms with Crippen molar-refractivity contribution in [1.82, 2.24) is 4.98 Å². The lowest BCUT2D eigenvalue weighted by atomic mass is 10.0. The Morgan fingerprint density at radius 2 is 1.22 bits per heavy atom. The average molecular weight is 387 g/mol. The summed E-state index contributed by atoms with van der Waals surface area (Å²) in [4.78, 5) is 3.80. The highest BCUT2D eigenvalue weighted by atomic mass is 35.5. The van der Waals surface area contributed by atoms with Crippen LogP contribution in [0.15, 0.2) is 48.7 Å². The minimum Gasteiger partial charge on any atom is -0.227 e. The highest BCUT2D eigenvalue weighted by molar-refractivity contribution is 6.40. The summed E-state index contributed by atoms with van der Waals surface area (Å²) in [5.41, 5.74) is 1.72. The molecule has 6 heteroatoms. The van der Waals surface area contributed by atoms with Crippen LogP contribution in [0.3, 0.4) is 0 Å². The first-order valence-corrected chi connectivity index (χ1v) is 8.04. The van der Waals surface area contributed by atoms with Gasteiger partial charge in [-0.05, 0) is 30.3 Å². The Hall–Kier alpha value is -1.32. The molecule has 0 aliphatic carbocycles. The van der Waals surface area contributed by atoms with Gasteiger partial charge in [0.15, 0.2) is 0 Å². The van der Waals surface area contributed by atoms with Gasteiger partial charge in [0, 0.05) is 38.5 Å². The van der Waals surface area contributed by atoms with E-state index in [2.05, 4.69) is 4.98 Å². The standard InChI is InChI=1S/C17H8Cl4FN/c18-11-3-1-4-12(19)15(11)9-7-10(17(22)23-8-9)16-13(20)5-2-6-14(16)21/h1-8H. The second-order valence-electron chi connectivity index (χ2n) is 4.76. The molecule has 0 aliphatic heterocycles. The van der Waals surface area contributed by atoms with Gasteiger partial charge in [0.2, 0.25) is 5.95 Å². The number of rotatable bonds is 2. The van der Waals surface area contributed by atoms with Crippen LogP contribution in [0.2, 0.25) is 20.1 Å². The lowest BCUT2D eigenvalue weighted by Crippen LogP contribution is -1.93. The van der Waals surface area contributed by atoms with E-state index in [0.29, 0.717) is 36.8 Å². The van der Waals surface area contributed by atoms with E-state index in [-0.39, 0.29) is 5.56 Å². The summed E-state index contributed by atoms with van der Waals surface area (Å²) >= 11 is 24.7. The summed E-state index contributed by atoms with van der Waals surface area (Å²) in [5.74, 6) is -0.674. The maximum absolute atomic E-state index is 14.2. The van der Waals surface area contributed by atoms with Crippen LogP contribution >= 0.6 is 46.4 Å². The average Bonchev–Trinajstić information content (AvgIpc) is 2.49. The van der Waals surface area contributed by atoms with Crippen LogP contribution in [0.1, 0.15) is 0 Å². The zero-order valence-corrected chi connectivity index (χ0v) is 14.5. The summed E-state index contributed by atoms with van der Waals surface area (Å²) in [5, 5.41) is 1.56. The van der Waals surface area contributed by atoms with Crippen LogP contribution in [0.5, 0.6) is 0 Å². The number of nitrogens with zero attached hydrogens (tertiary/aromatic N) is 1. The van der Waals surface area contributed by atoms with Gasteiger partial charge in [0.05, 0.1) is 10.0 Å². The SMILES string of the molecule is Fc1ncc(-c2c(Cl)cccc2Cl)cc1-c1c(Cl)cccc1Cl. The Bertz CT molecular complexity index is 855. The molecule has 1 nitrogen and oxygen atoms in total.